The number of carbonyl (C=O) groups excluding carboxylic acids is 2. The summed E-state index contributed by atoms with van der Waals surface area (Å²) in [5, 5.41) is 40.0. The van der Waals surface area contributed by atoms with Gasteiger partial charge < -0.3 is 39.4 Å². The maximum atomic E-state index is 12.7. The zero-order valence-electron chi connectivity index (χ0n) is 33.8. The van der Waals surface area contributed by atoms with Crippen molar-refractivity contribution in [2.45, 2.75) is 230 Å². The summed E-state index contributed by atoms with van der Waals surface area (Å²) >= 11 is 0. The third kappa shape index (κ3) is 26.8. The molecule has 0 bridgehead atoms. The molecule has 312 valence electrons. The minimum absolute atomic E-state index is 0.214. The van der Waals surface area contributed by atoms with E-state index >= 15 is 0 Å². The van der Waals surface area contributed by atoms with Crippen molar-refractivity contribution >= 4 is 11.9 Å². The SMILES string of the molecule is CCCCCCCC/C=C/CCCCCCCCCC(=O)O[C@H](COC(=O)CCCCCCCCCCCCC)CO[C@@H]1O[C@H](CO)[C@H](O)C(O)C1O. The average molecular weight is 757 g/mol. The number of esters is 2. The summed E-state index contributed by atoms with van der Waals surface area (Å²) in [5.41, 5.74) is 0. The summed E-state index contributed by atoms with van der Waals surface area (Å²) < 4.78 is 22.1. The van der Waals surface area contributed by atoms with Gasteiger partial charge in [-0.3, -0.25) is 9.59 Å². The van der Waals surface area contributed by atoms with E-state index in [2.05, 4.69) is 26.0 Å². The summed E-state index contributed by atoms with van der Waals surface area (Å²) in [6, 6.07) is 0. The Labute approximate surface area is 322 Å². The van der Waals surface area contributed by atoms with Crippen molar-refractivity contribution in [2.24, 2.45) is 0 Å². The number of hydrogen-bond acceptors (Lipinski definition) is 10. The minimum Gasteiger partial charge on any atom is -0.462 e. The summed E-state index contributed by atoms with van der Waals surface area (Å²) in [6.07, 6.45) is 27.9. The van der Waals surface area contributed by atoms with Gasteiger partial charge in [0.15, 0.2) is 12.4 Å². The van der Waals surface area contributed by atoms with Crippen LogP contribution >= 0.6 is 0 Å². The van der Waals surface area contributed by atoms with E-state index in [1.807, 2.05) is 0 Å². The van der Waals surface area contributed by atoms with E-state index in [0.717, 1.165) is 44.9 Å². The zero-order chi connectivity index (χ0) is 38.8. The third-order valence-electron chi connectivity index (χ3n) is 10.2. The molecule has 0 aliphatic carbocycles. The van der Waals surface area contributed by atoms with E-state index in [9.17, 15) is 30.0 Å². The fourth-order valence-corrected chi connectivity index (χ4v) is 6.65. The molecule has 0 aromatic rings. The van der Waals surface area contributed by atoms with Crippen molar-refractivity contribution in [2.75, 3.05) is 19.8 Å². The molecule has 0 saturated carbocycles. The van der Waals surface area contributed by atoms with Gasteiger partial charge in [0.05, 0.1) is 13.2 Å². The van der Waals surface area contributed by atoms with Gasteiger partial charge in [0.1, 0.15) is 31.0 Å². The van der Waals surface area contributed by atoms with E-state index in [4.69, 9.17) is 18.9 Å². The fourth-order valence-electron chi connectivity index (χ4n) is 6.65. The maximum absolute atomic E-state index is 12.7. The van der Waals surface area contributed by atoms with Crippen molar-refractivity contribution in [3.05, 3.63) is 12.2 Å². The standard InChI is InChI=1S/C43H80O10/c1-3-5-7-9-11-13-15-16-17-18-19-20-22-24-26-28-30-32-39(46)52-36(35-51-43-42(49)41(48)40(47)37(33-44)53-43)34-50-38(45)31-29-27-25-23-21-14-12-10-8-6-4-2/h16-17,36-37,40-44,47-49H,3-15,18-35H2,1-2H3/b17-16+/t36-,37-,40+,41?,42?,43-/m1/s1. The number of carbonyl (C=O) groups is 2. The van der Waals surface area contributed by atoms with Crippen LogP contribution in [0, 0.1) is 0 Å². The van der Waals surface area contributed by atoms with Crippen molar-refractivity contribution in [3.63, 3.8) is 0 Å². The predicted molar refractivity (Wildman–Crippen MR) is 210 cm³/mol. The molecule has 4 N–H and O–H groups in total. The Hall–Kier alpha value is -1.56. The lowest BCUT2D eigenvalue weighted by Crippen LogP contribution is -2.59. The first kappa shape index (κ1) is 49.5. The number of hydrogen-bond donors (Lipinski definition) is 4. The monoisotopic (exact) mass is 757 g/mol. The Morgan fingerprint density at radius 3 is 1.47 bits per heavy atom. The van der Waals surface area contributed by atoms with Crippen LogP contribution in [0.4, 0.5) is 0 Å². The number of allylic oxidation sites excluding steroid dienone is 2. The maximum Gasteiger partial charge on any atom is 0.306 e. The first-order valence-corrected chi connectivity index (χ1v) is 21.8. The number of aliphatic hydroxyl groups is 4. The zero-order valence-corrected chi connectivity index (χ0v) is 33.8. The predicted octanol–water partition coefficient (Wildman–Crippen LogP) is 8.78. The van der Waals surface area contributed by atoms with E-state index < -0.39 is 49.4 Å². The fraction of sp³-hybridized carbons (Fsp3) is 0.907. The van der Waals surface area contributed by atoms with Gasteiger partial charge in [-0.05, 0) is 38.5 Å². The van der Waals surface area contributed by atoms with Crippen LogP contribution in [0.2, 0.25) is 0 Å². The molecule has 10 heteroatoms. The van der Waals surface area contributed by atoms with Crippen molar-refractivity contribution in [1.29, 1.82) is 0 Å². The van der Waals surface area contributed by atoms with E-state index in [1.54, 1.807) is 0 Å². The summed E-state index contributed by atoms with van der Waals surface area (Å²) in [6.45, 7) is 3.41. The molecule has 1 rings (SSSR count). The topological polar surface area (TPSA) is 152 Å². The van der Waals surface area contributed by atoms with Crippen molar-refractivity contribution in [1.82, 2.24) is 0 Å². The van der Waals surface area contributed by atoms with Crippen LogP contribution in [0.5, 0.6) is 0 Å². The van der Waals surface area contributed by atoms with Crippen LogP contribution in [0.1, 0.15) is 194 Å². The van der Waals surface area contributed by atoms with Crippen LogP contribution in [0.25, 0.3) is 0 Å². The molecule has 10 nitrogen and oxygen atoms in total. The highest BCUT2D eigenvalue weighted by Gasteiger charge is 2.44. The third-order valence-corrected chi connectivity index (χ3v) is 10.2. The van der Waals surface area contributed by atoms with Crippen LogP contribution in [0.3, 0.4) is 0 Å². The Bertz CT molecular complexity index is 881. The molecule has 0 aromatic heterocycles. The molecule has 0 spiro atoms. The van der Waals surface area contributed by atoms with Gasteiger partial charge in [0.25, 0.3) is 0 Å². The second-order valence-corrected chi connectivity index (χ2v) is 15.2. The average Bonchev–Trinajstić information content (AvgIpc) is 3.15. The van der Waals surface area contributed by atoms with E-state index in [0.29, 0.717) is 6.42 Å². The molecule has 1 heterocycles. The normalized spacial score (nSPS) is 20.9. The van der Waals surface area contributed by atoms with Gasteiger partial charge in [-0.1, -0.05) is 154 Å². The minimum atomic E-state index is -1.59. The smallest absolute Gasteiger partial charge is 0.306 e. The highest BCUT2D eigenvalue weighted by Crippen LogP contribution is 2.23. The molecule has 1 saturated heterocycles. The molecule has 2 unspecified atom stereocenters. The molecule has 0 radical (unpaired) electrons. The van der Waals surface area contributed by atoms with E-state index in [1.165, 1.54) is 116 Å². The van der Waals surface area contributed by atoms with Crippen LogP contribution in [-0.4, -0.2) is 89.0 Å². The Morgan fingerprint density at radius 2 is 1.00 bits per heavy atom. The van der Waals surface area contributed by atoms with Gasteiger partial charge in [-0.15, -0.1) is 0 Å². The lowest BCUT2D eigenvalue weighted by Gasteiger charge is -2.39. The van der Waals surface area contributed by atoms with Crippen molar-refractivity contribution in [3.8, 4) is 0 Å². The second-order valence-electron chi connectivity index (χ2n) is 15.2. The Kier molecular flexibility index (Phi) is 32.6. The molecular formula is C43H80O10. The molecule has 6 atom stereocenters. The quantitative estimate of drug-likeness (QED) is 0.0277. The first-order chi connectivity index (χ1) is 25.8. The molecule has 1 aliphatic heterocycles. The second kappa shape index (κ2) is 34.9. The molecule has 1 aliphatic rings. The molecule has 53 heavy (non-hydrogen) atoms. The van der Waals surface area contributed by atoms with Gasteiger partial charge in [-0.2, -0.15) is 0 Å². The molecule has 1 fully saturated rings. The molecule has 0 aromatic carbocycles. The van der Waals surface area contributed by atoms with E-state index in [-0.39, 0.29) is 32.0 Å². The largest absolute Gasteiger partial charge is 0.462 e. The van der Waals surface area contributed by atoms with Crippen LogP contribution in [-0.2, 0) is 28.5 Å². The Morgan fingerprint density at radius 1 is 0.566 bits per heavy atom. The summed E-state index contributed by atoms with van der Waals surface area (Å²) in [4.78, 5) is 25.2. The lowest BCUT2D eigenvalue weighted by atomic mass is 9.99. The van der Waals surface area contributed by atoms with Crippen LogP contribution in [0.15, 0.2) is 12.2 Å². The summed E-state index contributed by atoms with van der Waals surface area (Å²) in [7, 11) is 0. The number of rotatable bonds is 36. The summed E-state index contributed by atoms with van der Waals surface area (Å²) in [5.74, 6) is -0.805. The van der Waals surface area contributed by atoms with Gasteiger partial charge in [0.2, 0.25) is 0 Å². The van der Waals surface area contributed by atoms with Gasteiger partial charge >= 0.3 is 11.9 Å². The Balaban J connectivity index is 2.33. The molecular weight excluding hydrogens is 676 g/mol. The number of unbranched alkanes of at least 4 members (excludes halogenated alkanes) is 23. The number of aliphatic hydroxyl groups excluding tert-OH is 4. The lowest BCUT2D eigenvalue weighted by molar-refractivity contribution is -0.305. The molecule has 0 amide bonds. The van der Waals surface area contributed by atoms with Crippen molar-refractivity contribution < 1.29 is 49.0 Å². The highest BCUT2D eigenvalue weighted by atomic mass is 16.7. The van der Waals surface area contributed by atoms with Crippen LogP contribution < -0.4 is 0 Å². The van der Waals surface area contributed by atoms with Gasteiger partial charge in [0, 0.05) is 12.8 Å². The number of ether oxygens (including phenoxy) is 4. The highest BCUT2D eigenvalue weighted by molar-refractivity contribution is 5.70. The first-order valence-electron chi connectivity index (χ1n) is 21.8. The van der Waals surface area contributed by atoms with Gasteiger partial charge in [-0.25, -0.2) is 0 Å².